The lowest BCUT2D eigenvalue weighted by Crippen LogP contribution is -2.63. The summed E-state index contributed by atoms with van der Waals surface area (Å²) in [5.41, 5.74) is 0. The topological polar surface area (TPSA) is 99.4 Å². The average molecular weight is 248 g/mol. The Hall–Kier alpha value is -0.500. The van der Waals surface area contributed by atoms with Crippen molar-refractivity contribution in [1.82, 2.24) is 0 Å². The molecule has 1 rings (SSSR count). The van der Waals surface area contributed by atoms with E-state index in [0.29, 0.717) is 6.42 Å². The second-order valence-electron chi connectivity index (χ2n) is 4.06. The van der Waals surface area contributed by atoms with Gasteiger partial charge in [0, 0.05) is 0 Å². The number of ether oxygens (including phenoxy) is 2. The van der Waals surface area contributed by atoms with E-state index in [1.807, 2.05) is 0 Å². The molecule has 1 heterocycles. The molecule has 1 fully saturated rings. The molecule has 0 aliphatic carbocycles. The first-order valence-corrected chi connectivity index (χ1v) is 5.61. The molecule has 0 radical (unpaired) electrons. The van der Waals surface area contributed by atoms with Crippen LogP contribution in [0.15, 0.2) is 12.7 Å². The van der Waals surface area contributed by atoms with Gasteiger partial charge in [-0.05, 0) is 12.8 Å². The van der Waals surface area contributed by atoms with Gasteiger partial charge in [0.05, 0.1) is 13.2 Å². The zero-order valence-corrected chi connectivity index (χ0v) is 9.66. The maximum Gasteiger partial charge on any atom is 0.221 e. The van der Waals surface area contributed by atoms with Crippen molar-refractivity contribution in [1.29, 1.82) is 0 Å². The molecule has 17 heavy (non-hydrogen) atoms. The first kappa shape index (κ1) is 14.6. The van der Waals surface area contributed by atoms with Crippen LogP contribution in [0.1, 0.15) is 12.8 Å². The number of hydrogen-bond donors (Lipinski definition) is 4. The van der Waals surface area contributed by atoms with Gasteiger partial charge in [0.15, 0.2) is 0 Å². The molecule has 0 aromatic carbocycles. The highest BCUT2D eigenvalue weighted by molar-refractivity contribution is 4.92. The maximum absolute atomic E-state index is 9.77. The molecule has 0 saturated carbocycles. The zero-order valence-electron chi connectivity index (χ0n) is 9.66. The number of hydrogen-bond acceptors (Lipinski definition) is 6. The summed E-state index contributed by atoms with van der Waals surface area (Å²) in [6.45, 7) is 3.03. The van der Waals surface area contributed by atoms with Gasteiger partial charge in [0.1, 0.15) is 24.9 Å². The summed E-state index contributed by atoms with van der Waals surface area (Å²) < 4.78 is 10.4. The Labute approximate surface area is 100 Å². The van der Waals surface area contributed by atoms with Crippen LogP contribution in [-0.2, 0) is 9.47 Å². The molecule has 0 aromatic heterocycles. The normalized spacial score (nSPS) is 38.0. The minimum absolute atomic E-state index is 0.194. The van der Waals surface area contributed by atoms with E-state index in [9.17, 15) is 20.4 Å². The predicted octanol–water partition coefficient (Wildman–Crippen LogP) is -1.23. The van der Waals surface area contributed by atoms with Gasteiger partial charge in [-0.15, -0.1) is 6.58 Å². The molecule has 0 amide bonds. The Kier molecular flexibility index (Phi) is 5.51. The zero-order chi connectivity index (χ0) is 12.9. The van der Waals surface area contributed by atoms with E-state index in [1.54, 1.807) is 6.08 Å². The third-order valence-corrected chi connectivity index (χ3v) is 2.79. The van der Waals surface area contributed by atoms with Gasteiger partial charge in [-0.25, -0.2) is 0 Å². The molecule has 1 aliphatic heterocycles. The molecule has 1 aliphatic rings. The van der Waals surface area contributed by atoms with Crippen LogP contribution in [0.4, 0.5) is 0 Å². The molecule has 1 saturated heterocycles. The number of rotatable bonds is 6. The van der Waals surface area contributed by atoms with Crippen molar-refractivity contribution in [3.05, 3.63) is 12.7 Å². The van der Waals surface area contributed by atoms with Crippen LogP contribution < -0.4 is 0 Å². The summed E-state index contributed by atoms with van der Waals surface area (Å²) in [6, 6.07) is 0. The summed E-state index contributed by atoms with van der Waals surface area (Å²) in [5, 5.41) is 37.9. The standard InChI is InChI=1S/C11H20O6/c1-2-3-4-5-16-11(7-12)10(15)9(14)8(13)6-17-11/h2,8-10,12-15H,1,3-7H2/t8-,9-,10+,11-/m1/s1. The Bertz CT molecular complexity index is 246. The lowest BCUT2D eigenvalue weighted by molar-refractivity contribution is -0.348. The Balaban J connectivity index is 2.57. The van der Waals surface area contributed by atoms with Crippen molar-refractivity contribution in [2.24, 2.45) is 0 Å². The molecule has 0 spiro atoms. The molecular weight excluding hydrogens is 228 g/mol. The summed E-state index contributed by atoms with van der Waals surface area (Å²) in [6.07, 6.45) is -0.925. The monoisotopic (exact) mass is 248 g/mol. The highest BCUT2D eigenvalue weighted by Gasteiger charge is 2.50. The van der Waals surface area contributed by atoms with Gasteiger partial charge in [-0.1, -0.05) is 6.08 Å². The Morgan fingerprint density at radius 3 is 2.71 bits per heavy atom. The first-order chi connectivity index (χ1) is 8.07. The second-order valence-corrected chi connectivity index (χ2v) is 4.06. The van der Waals surface area contributed by atoms with Gasteiger partial charge in [-0.2, -0.15) is 0 Å². The molecule has 0 unspecified atom stereocenters. The van der Waals surface area contributed by atoms with Crippen LogP contribution in [0.3, 0.4) is 0 Å². The molecular formula is C11H20O6. The summed E-state index contributed by atoms with van der Waals surface area (Å²) >= 11 is 0. The molecule has 0 bridgehead atoms. The largest absolute Gasteiger partial charge is 0.391 e. The number of unbranched alkanes of at least 4 members (excludes halogenated alkanes) is 1. The van der Waals surface area contributed by atoms with Gasteiger partial charge in [0.25, 0.3) is 0 Å². The van der Waals surface area contributed by atoms with Gasteiger partial charge in [0.2, 0.25) is 5.79 Å². The smallest absolute Gasteiger partial charge is 0.221 e. The second kappa shape index (κ2) is 6.44. The SMILES string of the molecule is C=CCCCO[C@]1(CO)OC[C@@H](O)[C@@H](O)[C@@H]1O. The summed E-state index contributed by atoms with van der Waals surface area (Å²) in [4.78, 5) is 0. The van der Waals surface area contributed by atoms with Crippen LogP contribution in [0.5, 0.6) is 0 Å². The van der Waals surface area contributed by atoms with E-state index < -0.39 is 30.7 Å². The van der Waals surface area contributed by atoms with Crippen LogP contribution in [0.2, 0.25) is 0 Å². The minimum Gasteiger partial charge on any atom is -0.391 e. The molecule has 0 aromatic rings. The highest BCUT2D eigenvalue weighted by atomic mass is 16.7. The fraction of sp³-hybridized carbons (Fsp3) is 0.818. The lowest BCUT2D eigenvalue weighted by Gasteiger charge is -2.43. The molecule has 4 N–H and O–H groups in total. The Morgan fingerprint density at radius 2 is 2.12 bits per heavy atom. The van der Waals surface area contributed by atoms with Crippen LogP contribution in [0, 0.1) is 0 Å². The van der Waals surface area contributed by atoms with Crippen LogP contribution in [0.25, 0.3) is 0 Å². The maximum atomic E-state index is 9.77. The summed E-state index contributed by atoms with van der Waals surface area (Å²) in [5.74, 6) is -1.65. The van der Waals surface area contributed by atoms with E-state index in [4.69, 9.17) is 9.47 Å². The van der Waals surface area contributed by atoms with Crippen molar-refractivity contribution >= 4 is 0 Å². The predicted molar refractivity (Wildman–Crippen MR) is 59.2 cm³/mol. The molecule has 4 atom stereocenters. The quantitative estimate of drug-likeness (QED) is 0.347. The van der Waals surface area contributed by atoms with Crippen LogP contribution in [-0.4, -0.2) is 64.3 Å². The molecule has 100 valence electrons. The summed E-state index contributed by atoms with van der Waals surface area (Å²) in [7, 11) is 0. The van der Waals surface area contributed by atoms with E-state index in [1.165, 1.54) is 0 Å². The molecule has 6 nitrogen and oxygen atoms in total. The third-order valence-electron chi connectivity index (χ3n) is 2.79. The fourth-order valence-electron chi connectivity index (χ4n) is 1.67. The average Bonchev–Trinajstić information content (AvgIpc) is 2.35. The van der Waals surface area contributed by atoms with Crippen molar-refractivity contribution in [3.63, 3.8) is 0 Å². The van der Waals surface area contributed by atoms with E-state index in [-0.39, 0.29) is 13.2 Å². The van der Waals surface area contributed by atoms with E-state index >= 15 is 0 Å². The van der Waals surface area contributed by atoms with E-state index in [2.05, 4.69) is 6.58 Å². The third kappa shape index (κ3) is 3.25. The lowest BCUT2D eigenvalue weighted by atomic mass is 9.97. The van der Waals surface area contributed by atoms with Crippen molar-refractivity contribution in [2.45, 2.75) is 36.9 Å². The molecule has 6 heteroatoms. The first-order valence-electron chi connectivity index (χ1n) is 5.61. The van der Waals surface area contributed by atoms with E-state index in [0.717, 1.165) is 6.42 Å². The van der Waals surface area contributed by atoms with Crippen LogP contribution >= 0.6 is 0 Å². The Morgan fingerprint density at radius 1 is 1.41 bits per heavy atom. The van der Waals surface area contributed by atoms with Gasteiger partial charge >= 0.3 is 0 Å². The number of allylic oxidation sites excluding steroid dienone is 1. The van der Waals surface area contributed by atoms with Gasteiger partial charge in [-0.3, -0.25) is 0 Å². The van der Waals surface area contributed by atoms with Crippen molar-refractivity contribution < 1.29 is 29.9 Å². The van der Waals surface area contributed by atoms with Gasteiger partial charge < -0.3 is 29.9 Å². The number of aliphatic hydroxyl groups excluding tert-OH is 4. The fourth-order valence-corrected chi connectivity index (χ4v) is 1.67. The number of aliphatic hydroxyl groups is 4. The van der Waals surface area contributed by atoms with Crippen molar-refractivity contribution in [2.75, 3.05) is 19.8 Å². The minimum atomic E-state index is -1.65. The highest BCUT2D eigenvalue weighted by Crippen LogP contribution is 2.27. The van der Waals surface area contributed by atoms with Crippen molar-refractivity contribution in [3.8, 4) is 0 Å².